The van der Waals surface area contributed by atoms with E-state index in [1.54, 1.807) is 32.7 Å². The van der Waals surface area contributed by atoms with E-state index in [2.05, 4.69) is 15.0 Å². The largest absolute Gasteiger partial charge is 0.493 e. The van der Waals surface area contributed by atoms with E-state index >= 15 is 0 Å². The second-order valence-corrected chi connectivity index (χ2v) is 7.68. The number of fused-ring (bicyclic) bond motifs is 1. The topological polar surface area (TPSA) is 78.3 Å². The first-order valence-electron chi connectivity index (χ1n) is 10.9. The number of methoxy groups -OCH3 is 2. The van der Waals surface area contributed by atoms with Crippen molar-refractivity contribution in [1.82, 2.24) is 20.1 Å². The number of ether oxygens (including phenoxy) is 2. The van der Waals surface area contributed by atoms with Crippen molar-refractivity contribution in [1.29, 1.82) is 0 Å². The fourth-order valence-electron chi connectivity index (χ4n) is 4.07. The van der Waals surface area contributed by atoms with Gasteiger partial charge in [0.2, 0.25) is 5.91 Å². The third kappa shape index (κ3) is 4.82. The highest BCUT2D eigenvalue weighted by atomic mass is 16.5. The van der Waals surface area contributed by atoms with Crippen molar-refractivity contribution in [3.8, 4) is 22.8 Å². The summed E-state index contributed by atoms with van der Waals surface area (Å²) in [4.78, 5) is 16.4. The Morgan fingerprint density at radius 2 is 1.88 bits per heavy atom. The molecular formula is C25H28N4O3. The Labute approximate surface area is 188 Å². The van der Waals surface area contributed by atoms with Crippen LogP contribution in [0.5, 0.6) is 11.5 Å². The molecule has 0 fully saturated rings. The zero-order valence-electron chi connectivity index (χ0n) is 18.5. The van der Waals surface area contributed by atoms with Crippen LogP contribution in [0, 0.1) is 0 Å². The molecule has 1 aliphatic carbocycles. The summed E-state index contributed by atoms with van der Waals surface area (Å²) in [5.41, 5.74) is 5.63. The third-order valence-corrected chi connectivity index (χ3v) is 5.67. The highest BCUT2D eigenvalue weighted by Crippen LogP contribution is 2.31. The Bertz CT molecular complexity index is 1110. The van der Waals surface area contributed by atoms with Gasteiger partial charge in [0.1, 0.15) is 0 Å². The molecule has 32 heavy (non-hydrogen) atoms. The smallest absolute Gasteiger partial charge is 0.244 e. The maximum absolute atomic E-state index is 12.3. The monoisotopic (exact) mass is 432 g/mol. The van der Waals surface area contributed by atoms with E-state index < -0.39 is 0 Å². The number of nitrogens with zero attached hydrogens (tertiary/aromatic N) is 3. The first-order valence-corrected chi connectivity index (χ1v) is 10.9. The lowest BCUT2D eigenvalue weighted by Crippen LogP contribution is -2.26. The predicted molar refractivity (Wildman–Crippen MR) is 124 cm³/mol. The van der Waals surface area contributed by atoms with Crippen LogP contribution in [0.15, 0.2) is 48.8 Å². The maximum Gasteiger partial charge on any atom is 0.244 e. The van der Waals surface area contributed by atoms with Crippen LogP contribution in [-0.2, 0) is 24.2 Å². The maximum atomic E-state index is 12.3. The minimum absolute atomic E-state index is 0.143. The molecule has 1 N–H and O–H groups in total. The molecule has 166 valence electrons. The minimum atomic E-state index is -0.143. The van der Waals surface area contributed by atoms with Gasteiger partial charge in [-0.3, -0.25) is 14.5 Å². The van der Waals surface area contributed by atoms with E-state index in [1.165, 1.54) is 30.2 Å². The highest BCUT2D eigenvalue weighted by Gasteiger charge is 2.21. The van der Waals surface area contributed by atoms with E-state index in [0.29, 0.717) is 24.6 Å². The molecule has 7 nitrogen and oxygen atoms in total. The van der Waals surface area contributed by atoms with Crippen LogP contribution in [0.4, 0.5) is 0 Å². The number of carbonyl (C=O) groups excluding carboxylic acids is 1. The van der Waals surface area contributed by atoms with Crippen molar-refractivity contribution < 1.29 is 14.3 Å². The van der Waals surface area contributed by atoms with Crippen LogP contribution in [0.25, 0.3) is 17.3 Å². The van der Waals surface area contributed by atoms with E-state index in [1.807, 2.05) is 30.3 Å². The average molecular weight is 433 g/mol. The summed E-state index contributed by atoms with van der Waals surface area (Å²) < 4.78 is 12.6. The number of aromatic nitrogens is 3. The van der Waals surface area contributed by atoms with E-state index in [0.717, 1.165) is 29.7 Å². The normalized spacial score (nSPS) is 13.1. The van der Waals surface area contributed by atoms with Gasteiger partial charge in [-0.15, -0.1) is 0 Å². The van der Waals surface area contributed by atoms with E-state index in [4.69, 9.17) is 14.6 Å². The first kappa shape index (κ1) is 21.6. The van der Waals surface area contributed by atoms with Crippen LogP contribution >= 0.6 is 0 Å². The third-order valence-electron chi connectivity index (χ3n) is 5.67. The predicted octanol–water partition coefficient (Wildman–Crippen LogP) is 3.67. The summed E-state index contributed by atoms with van der Waals surface area (Å²) in [6, 6.07) is 9.53. The van der Waals surface area contributed by atoms with Crippen molar-refractivity contribution in [2.24, 2.45) is 0 Å². The number of rotatable bonds is 8. The Balaban J connectivity index is 1.39. The lowest BCUT2D eigenvalue weighted by atomic mass is 9.94. The number of carbonyl (C=O) groups is 1. The second-order valence-electron chi connectivity index (χ2n) is 7.68. The van der Waals surface area contributed by atoms with Crippen LogP contribution in [0.3, 0.4) is 0 Å². The highest BCUT2D eigenvalue weighted by molar-refractivity contribution is 5.91. The van der Waals surface area contributed by atoms with Crippen molar-refractivity contribution in [2.75, 3.05) is 20.8 Å². The molecule has 0 saturated carbocycles. The van der Waals surface area contributed by atoms with Gasteiger partial charge in [-0.05, 0) is 61.6 Å². The molecule has 0 unspecified atom stereocenters. The molecular weight excluding hydrogens is 404 g/mol. The lowest BCUT2D eigenvalue weighted by molar-refractivity contribution is -0.116. The van der Waals surface area contributed by atoms with Crippen molar-refractivity contribution >= 4 is 12.0 Å². The van der Waals surface area contributed by atoms with Crippen molar-refractivity contribution in [3.05, 3.63) is 65.6 Å². The SMILES string of the molecule is COc1ccc(/C=C/C(=O)NCCn2nc(-c3ccncc3)c3c2CCCC3)cc1OC. The van der Waals surface area contributed by atoms with E-state index in [-0.39, 0.29) is 5.91 Å². The Morgan fingerprint density at radius 3 is 2.66 bits per heavy atom. The number of pyridine rings is 1. The van der Waals surface area contributed by atoms with Crippen LogP contribution in [0.2, 0.25) is 0 Å². The second kappa shape index (κ2) is 10.1. The van der Waals surface area contributed by atoms with Gasteiger partial charge in [-0.25, -0.2) is 0 Å². The summed E-state index contributed by atoms with van der Waals surface area (Å²) in [5, 5.41) is 7.84. The number of amides is 1. The fraction of sp³-hybridized carbons (Fsp3) is 0.320. The number of hydrogen-bond donors (Lipinski definition) is 1. The lowest BCUT2D eigenvalue weighted by Gasteiger charge is -2.14. The molecule has 0 radical (unpaired) electrons. The molecule has 2 heterocycles. The van der Waals surface area contributed by atoms with Crippen LogP contribution < -0.4 is 14.8 Å². The van der Waals surface area contributed by atoms with Gasteiger partial charge >= 0.3 is 0 Å². The Hall–Kier alpha value is -3.61. The minimum Gasteiger partial charge on any atom is -0.493 e. The van der Waals surface area contributed by atoms with Gasteiger partial charge in [-0.1, -0.05) is 6.07 Å². The molecule has 1 aromatic carbocycles. The summed E-state index contributed by atoms with van der Waals surface area (Å²) in [6.45, 7) is 1.16. The van der Waals surface area contributed by atoms with Crippen LogP contribution in [0.1, 0.15) is 29.7 Å². The zero-order chi connectivity index (χ0) is 22.3. The summed E-state index contributed by atoms with van der Waals surface area (Å²) >= 11 is 0. The van der Waals surface area contributed by atoms with E-state index in [9.17, 15) is 4.79 Å². The molecule has 0 atom stereocenters. The molecule has 0 aliphatic heterocycles. The molecule has 1 aliphatic rings. The van der Waals surface area contributed by atoms with Crippen molar-refractivity contribution in [2.45, 2.75) is 32.2 Å². The number of nitrogens with one attached hydrogen (secondary N) is 1. The van der Waals surface area contributed by atoms with Gasteiger partial charge in [0.25, 0.3) is 0 Å². The molecule has 3 aromatic rings. The quantitative estimate of drug-likeness (QED) is 0.550. The molecule has 2 aromatic heterocycles. The first-order chi connectivity index (χ1) is 15.7. The molecule has 7 heteroatoms. The summed E-state index contributed by atoms with van der Waals surface area (Å²) in [7, 11) is 3.18. The standard InChI is InChI=1S/C25H28N4O3/c1-31-22-9-7-18(17-23(22)32-2)8-10-24(30)27-15-16-29-21-6-4-3-5-20(21)25(28-29)19-11-13-26-14-12-19/h7-14,17H,3-6,15-16H2,1-2H3,(H,27,30)/b10-8+. The Kier molecular flexibility index (Phi) is 6.84. The van der Waals surface area contributed by atoms with Crippen LogP contribution in [-0.4, -0.2) is 41.4 Å². The van der Waals surface area contributed by atoms with Crippen molar-refractivity contribution in [3.63, 3.8) is 0 Å². The number of benzene rings is 1. The Morgan fingerprint density at radius 1 is 1.09 bits per heavy atom. The van der Waals surface area contributed by atoms with Gasteiger partial charge in [0, 0.05) is 41.8 Å². The number of hydrogen-bond acceptors (Lipinski definition) is 5. The van der Waals surface area contributed by atoms with Gasteiger partial charge < -0.3 is 14.8 Å². The summed E-state index contributed by atoms with van der Waals surface area (Å²) in [6.07, 6.45) is 11.3. The van der Waals surface area contributed by atoms with Gasteiger partial charge in [-0.2, -0.15) is 5.10 Å². The summed E-state index contributed by atoms with van der Waals surface area (Å²) in [5.74, 6) is 1.14. The fourth-order valence-corrected chi connectivity index (χ4v) is 4.07. The molecule has 0 bridgehead atoms. The van der Waals surface area contributed by atoms with Gasteiger partial charge in [0.15, 0.2) is 11.5 Å². The molecule has 4 rings (SSSR count). The molecule has 1 amide bonds. The molecule has 0 saturated heterocycles. The zero-order valence-corrected chi connectivity index (χ0v) is 18.5. The molecule has 0 spiro atoms. The average Bonchev–Trinajstić information content (AvgIpc) is 3.22. The van der Waals surface area contributed by atoms with Gasteiger partial charge in [0.05, 0.1) is 26.5 Å².